The van der Waals surface area contributed by atoms with Crippen LogP contribution in [0.15, 0.2) is 29.2 Å². The highest BCUT2D eigenvalue weighted by Gasteiger charge is 2.32. The molecule has 0 bridgehead atoms. The summed E-state index contributed by atoms with van der Waals surface area (Å²) in [6.45, 7) is 2.34. The second kappa shape index (κ2) is 8.68. The zero-order valence-electron chi connectivity index (χ0n) is 15.9. The van der Waals surface area contributed by atoms with E-state index in [2.05, 4.69) is 5.32 Å². The van der Waals surface area contributed by atoms with Crippen molar-refractivity contribution in [2.45, 2.75) is 31.1 Å². The van der Waals surface area contributed by atoms with E-state index in [-0.39, 0.29) is 28.8 Å². The monoisotopic (exact) mass is 417 g/mol. The molecule has 152 valence electrons. The maximum atomic E-state index is 12.7. The zero-order chi connectivity index (χ0) is 20.2. The van der Waals surface area contributed by atoms with Crippen molar-refractivity contribution in [3.63, 3.8) is 0 Å². The van der Waals surface area contributed by atoms with Gasteiger partial charge in [-0.15, -0.1) is 0 Å². The Bertz CT molecular complexity index is 882. The molecular formula is C17H27N3O5S2. The average Bonchev–Trinajstić information content (AvgIpc) is 2.62. The number of carbonyl (C=O) groups excluding carboxylic acids is 1. The molecule has 1 aromatic carbocycles. The van der Waals surface area contributed by atoms with E-state index in [1.54, 1.807) is 19.1 Å². The van der Waals surface area contributed by atoms with Gasteiger partial charge in [0.2, 0.25) is 26.0 Å². The number of sulfonamides is 2. The fourth-order valence-corrected chi connectivity index (χ4v) is 5.65. The van der Waals surface area contributed by atoms with Crippen LogP contribution in [0.1, 0.15) is 26.2 Å². The molecule has 2 rings (SSSR count). The average molecular weight is 418 g/mol. The van der Waals surface area contributed by atoms with Gasteiger partial charge in [0.25, 0.3) is 0 Å². The van der Waals surface area contributed by atoms with E-state index in [4.69, 9.17) is 0 Å². The predicted molar refractivity (Wildman–Crippen MR) is 104 cm³/mol. The maximum absolute atomic E-state index is 12.7. The van der Waals surface area contributed by atoms with Gasteiger partial charge in [-0.2, -0.15) is 0 Å². The fraction of sp³-hybridized carbons (Fsp3) is 0.588. The number of hydrogen-bond acceptors (Lipinski definition) is 5. The van der Waals surface area contributed by atoms with Crippen LogP contribution in [0.2, 0.25) is 0 Å². The highest BCUT2D eigenvalue weighted by atomic mass is 32.2. The second-order valence-electron chi connectivity index (χ2n) is 6.79. The second-order valence-corrected chi connectivity index (χ2v) is 11.0. The van der Waals surface area contributed by atoms with Crippen LogP contribution in [0.4, 0.5) is 5.69 Å². The van der Waals surface area contributed by atoms with E-state index in [0.717, 1.165) is 4.31 Å². The molecule has 0 spiro atoms. The number of amides is 1. The summed E-state index contributed by atoms with van der Waals surface area (Å²) in [5.41, 5.74) is 0.199. The molecular weight excluding hydrogens is 390 g/mol. The lowest BCUT2D eigenvalue weighted by Crippen LogP contribution is -2.44. The molecule has 1 unspecified atom stereocenters. The summed E-state index contributed by atoms with van der Waals surface area (Å²) in [5, 5.41) is 2.68. The van der Waals surface area contributed by atoms with Gasteiger partial charge in [0, 0.05) is 27.2 Å². The minimum Gasteiger partial charge on any atom is -0.325 e. The number of carbonyl (C=O) groups is 1. The Kier molecular flexibility index (Phi) is 7.01. The van der Waals surface area contributed by atoms with Crippen LogP contribution in [0.25, 0.3) is 0 Å². The minimum absolute atomic E-state index is 0.00891. The van der Waals surface area contributed by atoms with Gasteiger partial charge in [-0.1, -0.05) is 19.1 Å². The normalized spacial score (nSPS) is 19.2. The summed E-state index contributed by atoms with van der Waals surface area (Å²) in [6.07, 6.45) is 1.68. The molecule has 1 fully saturated rings. The van der Waals surface area contributed by atoms with Crippen molar-refractivity contribution in [2.24, 2.45) is 5.92 Å². The minimum atomic E-state index is -3.71. The molecule has 0 aliphatic carbocycles. The Labute approximate surface area is 161 Å². The molecule has 1 N–H and O–H groups in total. The molecule has 1 amide bonds. The molecule has 1 aromatic rings. The standard InChI is InChI=1S/C17H27N3O5S2/c1-4-12-26(22,23)20-11-7-8-14(13-20)17(21)18-15-9-5-6-10-16(15)27(24,25)19(2)3/h5-6,9-10,14H,4,7-8,11-13H2,1-3H3,(H,18,21). The van der Waals surface area contributed by atoms with Crippen molar-refractivity contribution in [2.75, 3.05) is 38.3 Å². The summed E-state index contributed by atoms with van der Waals surface area (Å²) < 4.78 is 51.9. The quantitative estimate of drug-likeness (QED) is 0.721. The Morgan fingerprint density at radius 2 is 1.89 bits per heavy atom. The van der Waals surface area contributed by atoms with Crippen LogP contribution in [0, 0.1) is 5.92 Å². The van der Waals surface area contributed by atoms with E-state index < -0.39 is 26.0 Å². The summed E-state index contributed by atoms with van der Waals surface area (Å²) in [4.78, 5) is 12.7. The van der Waals surface area contributed by atoms with E-state index in [9.17, 15) is 21.6 Å². The van der Waals surface area contributed by atoms with Crippen molar-refractivity contribution in [1.29, 1.82) is 0 Å². The summed E-state index contributed by atoms with van der Waals surface area (Å²) in [7, 11) is -4.23. The number of benzene rings is 1. The molecule has 0 saturated carbocycles. The van der Waals surface area contributed by atoms with Gasteiger partial charge in [0.1, 0.15) is 4.90 Å². The van der Waals surface area contributed by atoms with Crippen LogP contribution in [-0.4, -0.2) is 64.3 Å². The van der Waals surface area contributed by atoms with Crippen LogP contribution in [0.5, 0.6) is 0 Å². The summed E-state index contributed by atoms with van der Waals surface area (Å²) in [5.74, 6) is -0.820. The SMILES string of the molecule is CCCS(=O)(=O)N1CCCC(C(=O)Nc2ccccc2S(=O)(=O)N(C)C)C1. The van der Waals surface area contributed by atoms with Gasteiger partial charge in [0.05, 0.1) is 17.4 Å². The number of piperidine rings is 1. The van der Waals surface area contributed by atoms with Gasteiger partial charge in [-0.3, -0.25) is 4.79 Å². The van der Waals surface area contributed by atoms with E-state index >= 15 is 0 Å². The van der Waals surface area contributed by atoms with Crippen molar-refractivity contribution in [1.82, 2.24) is 8.61 Å². The van der Waals surface area contributed by atoms with E-state index in [1.165, 1.54) is 30.5 Å². The third-order valence-corrected chi connectivity index (χ3v) is 8.43. The highest BCUT2D eigenvalue weighted by molar-refractivity contribution is 7.89. The molecule has 0 aromatic heterocycles. The maximum Gasteiger partial charge on any atom is 0.244 e. The lowest BCUT2D eigenvalue weighted by molar-refractivity contribution is -0.120. The third-order valence-electron chi connectivity index (χ3n) is 4.51. The Morgan fingerprint density at radius 3 is 2.52 bits per heavy atom. The number of hydrogen-bond donors (Lipinski definition) is 1. The Morgan fingerprint density at radius 1 is 1.22 bits per heavy atom. The van der Waals surface area contributed by atoms with Crippen LogP contribution in [0.3, 0.4) is 0 Å². The van der Waals surface area contributed by atoms with Crippen molar-refractivity contribution < 1.29 is 21.6 Å². The molecule has 1 heterocycles. The van der Waals surface area contributed by atoms with Gasteiger partial charge in [-0.25, -0.2) is 25.4 Å². The molecule has 0 radical (unpaired) electrons. The fourth-order valence-electron chi connectivity index (χ4n) is 3.02. The molecule has 10 heteroatoms. The summed E-state index contributed by atoms with van der Waals surface area (Å²) >= 11 is 0. The highest BCUT2D eigenvalue weighted by Crippen LogP contribution is 2.26. The first-order valence-corrected chi connectivity index (χ1v) is 11.9. The van der Waals surface area contributed by atoms with Crippen molar-refractivity contribution in [3.8, 4) is 0 Å². The molecule has 1 atom stereocenters. The topological polar surface area (TPSA) is 104 Å². The van der Waals surface area contributed by atoms with Crippen molar-refractivity contribution in [3.05, 3.63) is 24.3 Å². The Balaban J connectivity index is 2.19. The first-order valence-electron chi connectivity index (χ1n) is 8.90. The molecule has 1 aliphatic rings. The third kappa shape index (κ3) is 5.07. The van der Waals surface area contributed by atoms with Gasteiger partial charge >= 0.3 is 0 Å². The first kappa shape index (κ1) is 21.8. The molecule has 27 heavy (non-hydrogen) atoms. The molecule has 1 saturated heterocycles. The largest absolute Gasteiger partial charge is 0.325 e. The van der Waals surface area contributed by atoms with Gasteiger partial charge < -0.3 is 5.32 Å². The lowest BCUT2D eigenvalue weighted by Gasteiger charge is -2.31. The van der Waals surface area contributed by atoms with Crippen LogP contribution >= 0.6 is 0 Å². The van der Waals surface area contributed by atoms with Gasteiger partial charge in [-0.05, 0) is 31.4 Å². The lowest BCUT2D eigenvalue weighted by atomic mass is 9.99. The first-order chi connectivity index (χ1) is 12.6. The molecule has 1 aliphatic heterocycles. The number of nitrogens with zero attached hydrogens (tertiary/aromatic N) is 2. The number of rotatable bonds is 7. The number of para-hydroxylation sites is 1. The van der Waals surface area contributed by atoms with Gasteiger partial charge in [0.15, 0.2) is 0 Å². The van der Waals surface area contributed by atoms with Crippen LogP contribution in [-0.2, 0) is 24.8 Å². The number of anilines is 1. The van der Waals surface area contributed by atoms with Crippen molar-refractivity contribution >= 4 is 31.6 Å². The van der Waals surface area contributed by atoms with E-state index in [0.29, 0.717) is 25.8 Å². The predicted octanol–water partition coefficient (Wildman–Crippen LogP) is 1.33. The zero-order valence-corrected chi connectivity index (χ0v) is 17.5. The molecule has 8 nitrogen and oxygen atoms in total. The van der Waals surface area contributed by atoms with E-state index in [1.807, 2.05) is 0 Å². The Hall–Kier alpha value is -1.49. The van der Waals surface area contributed by atoms with Crippen LogP contribution < -0.4 is 5.32 Å². The number of nitrogens with one attached hydrogen (secondary N) is 1. The summed E-state index contributed by atoms with van der Waals surface area (Å²) in [6, 6.07) is 6.20. The smallest absolute Gasteiger partial charge is 0.244 e.